The van der Waals surface area contributed by atoms with E-state index in [2.05, 4.69) is 10.5 Å². The molecule has 0 unspecified atom stereocenters. The zero-order valence-corrected chi connectivity index (χ0v) is 14.6. The highest BCUT2D eigenvalue weighted by Gasteiger charge is 2.15. The van der Waals surface area contributed by atoms with Gasteiger partial charge in [0.05, 0.1) is 11.2 Å². The van der Waals surface area contributed by atoms with E-state index in [0.29, 0.717) is 27.8 Å². The lowest BCUT2D eigenvalue weighted by atomic mass is 10.1. The summed E-state index contributed by atoms with van der Waals surface area (Å²) in [6.07, 6.45) is 1.44. The van der Waals surface area contributed by atoms with Crippen molar-refractivity contribution in [2.45, 2.75) is 13.8 Å². The molecule has 0 saturated heterocycles. The van der Waals surface area contributed by atoms with E-state index >= 15 is 0 Å². The largest absolute Gasteiger partial charge is 0.483 e. The molecule has 1 N–H and O–H groups in total. The number of benzene rings is 2. The molecule has 0 radical (unpaired) electrons. The number of carbonyl (C=O) groups is 1. The summed E-state index contributed by atoms with van der Waals surface area (Å²) >= 11 is 6.13. The first kappa shape index (κ1) is 17.1. The zero-order chi connectivity index (χ0) is 17.8. The smallest absolute Gasteiger partial charge is 0.277 e. The molecule has 1 aliphatic heterocycles. The average Bonchev–Trinajstić information content (AvgIpc) is 3.03. The number of nitrogens with zero attached hydrogens (tertiary/aromatic N) is 1. The molecule has 7 heteroatoms. The third kappa shape index (κ3) is 4.22. The fourth-order valence-corrected chi connectivity index (χ4v) is 2.45. The predicted molar refractivity (Wildman–Crippen MR) is 94.7 cm³/mol. The van der Waals surface area contributed by atoms with Gasteiger partial charge in [0.25, 0.3) is 5.91 Å². The number of amides is 1. The van der Waals surface area contributed by atoms with Crippen LogP contribution in [0.1, 0.15) is 16.7 Å². The molecule has 3 rings (SSSR count). The summed E-state index contributed by atoms with van der Waals surface area (Å²) < 4.78 is 16.0. The van der Waals surface area contributed by atoms with E-state index in [1.807, 2.05) is 32.0 Å². The van der Waals surface area contributed by atoms with Gasteiger partial charge in [-0.25, -0.2) is 5.43 Å². The van der Waals surface area contributed by atoms with Crippen molar-refractivity contribution in [1.82, 2.24) is 5.43 Å². The van der Waals surface area contributed by atoms with Crippen molar-refractivity contribution in [2.75, 3.05) is 13.4 Å². The van der Waals surface area contributed by atoms with Crippen LogP contribution in [-0.2, 0) is 4.79 Å². The summed E-state index contributed by atoms with van der Waals surface area (Å²) in [7, 11) is 0. The van der Waals surface area contributed by atoms with Crippen molar-refractivity contribution in [1.29, 1.82) is 0 Å². The first-order chi connectivity index (χ1) is 12.0. The lowest BCUT2D eigenvalue weighted by Crippen LogP contribution is -2.24. The van der Waals surface area contributed by atoms with Crippen molar-refractivity contribution in [3.8, 4) is 17.2 Å². The van der Waals surface area contributed by atoms with Gasteiger partial charge < -0.3 is 14.2 Å². The Morgan fingerprint density at radius 2 is 2.04 bits per heavy atom. The van der Waals surface area contributed by atoms with Gasteiger partial charge in [0.1, 0.15) is 5.75 Å². The van der Waals surface area contributed by atoms with Crippen LogP contribution in [0, 0.1) is 13.8 Å². The Bertz CT molecular complexity index is 836. The molecule has 0 aliphatic carbocycles. The minimum atomic E-state index is -0.367. The summed E-state index contributed by atoms with van der Waals surface area (Å²) in [4.78, 5) is 11.8. The molecule has 0 atom stereocenters. The fourth-order valence-electron chi connectivity index (χ4n) is 2.24. The van der Waals surface area contributed by atoms with Crippen LogP contribution in [0.3, 0.4) is 0 Å². The predicted octanol–water partition coefficient (Wildman–Crippen LogP) is 3.21. The second kappa shape index (κ2) is 7.44. The van der Waals surface area contributed by atoms with Crippen molar-refractivity contribution in [3.05, 3.63) is 52.0 Å². The molecular formula is C18H17ClN2O4. The Balaban J connectivity index is 1.55. The number of carbonyl (C=O) groups excluding carboxylic acids is 1. The molecule has 2 aromatic carbocycles. The maximum Gasteiger partial charge on any atom is 0.277 e. The average molecular weight is 361 g/mol. The fraction of sp³-hybridized carbons (Fsp3) is 0.222. The first-order valence-corrected chi connectivity index (χ1v) is 8.02. The quantitative estimate of drug-likeness (QED) is 0.656. The number of nitrogens with one attached hydrogen (secondary N) is 1. The molecule has 25 heavy (non-hydrogen) atoms. The minimum Gasteiger partial charge on any atom is -0.483 e. The van der Waals surface area contributed by atoms with E-state index in [1.165, 1.54) is 6.21 Å². The maximum absolute atomic E-state index is 11.8. The first-order valence-electron chi connectivity index (χ1n) is 7.64. The number of hydrogen-bond acceptors (Lipinski definition) is 5. The zero-order valence-electron chi connectivity index (χ0n) is 13.8. The van der Waals surface area contributed by atoms with Crippen molar-refractivity contribution in [3.63, 3.8) is 0 Å². The molecule has 0 aromatic heterocycles. The topological polar surface area (TPSA) is 69.2 Å². The number of hydrazone groups is 1. The van der Waals surface area contributed by atoms with Crippen LogP contribution in [0.25, 0.3) is 0 Å². The molecule has 0 saturated carbocycles. The molecule has 0 spiro atoms. The van der Waals surface area contributed by atoms with E-state index in [0.717, 1.165) is 11.1 Å². The van der Waals surface area contributed by atoms with Gasteiger partial charge in [-0.2, -0.15) is 5.10 Å². The molecule has 0 fully saturated rings. The van der Waals surface area contributed by atoms with E-state index in [1.54, 1.807) is 12.1 Å². The van der Waals surface area contributed by atoms with Gasteiger partial charge in [-0.1, -0.05) is 23.7 Å². The Kier molecular flexibility index (Phi) is 5.09. The standard InChI is InChI=1S/C18H17ClN2O4/c1-11-3-4-12(2)15(5-11)23-9-18(22)21-20-8-13-6-16-17(7-14(13)19)25-10-24-16/h3-8H,9-10H2,1-2H3,(H,21,22)/b20-8+. The van der Waals surface area contributed by atoms with Gasteiger partial charge in [0, 0.05) is 11.6 Å². The minimum absolute atomic E-state index is 0.128. The normalized spacial score (nSPS) is 12.4. The lowest BCUT2D eigenvalue weighted by molar-refractivity contribution is -0.123. The molecule has 1 amide bonds. The van der Waals surface area contributed by atoms with Crippen molar-refractivity contribution >= 4 is 23.7 Å². The van der Waals surface area contributed by atoms with Crippen LogP contribution in [0.15, 0.2) is 35.4 Å². The second-order valence-electron chi connectivity index (χ2n) is 5.58. The van der Waals surface area contributed by atoms with Gasteiger partial charge in [-0.3, -0.25) is 4.79 Å². The monoisotopic (exact) mass is 360 g/mol. The molecular weight excluding hydrogens is 344 g/mol. The van der Waals surface area contributed by atoms with Crippen molar-refractivity contribution < 1.29 is 19.0 Å². The SMILES string of the molecule is Cc1ccc(C)c(OCC(=O)N/N=C/c2cc3c(cc2Cl)OCO3)c1. The second-order valence-corrected chi connectivity index (χ2v) is 5.98. The maximum atomic E-state index is 11.8. The van der Waals surface area contributed by atoms with Crippen LogP contribution in [0.4, 0.5) is 0 Å². The van der Waals surface area contributed by atoms with Crippen molar-refractivity contribution in [2.24, 2.45) is 5.10 Å². The van der Waals surface area contributed by atoms with Crippen LogP contribution >= 0.6 is 11.6 Å². The van der Waals surface area contributed by atoms with E-state index < -0.39 is 0 Å². The van der Waals surface area contributed by atoms with E-state index in [4.69, 9.17) is 25.8 Å². The summed E-state index contributed by atoms with van der Waals surface area (Å²) in [5.74, 6) is 1.50. The van der Waals surface area contributed by atoms with Gasteiger partial charge in [0.2, 0.25) is 6.79 Å². The van der Waals surface area contributed by atoms with Gasteiger partial charge in [-0.15, -0.1) is 0 Å². The van der Waals surface area contributed by atoms with Crippen LogP contribution in [0.2, 0.25) is 5.02 Å². The molecule has 1 aliphatic rings. The third-order valence-corrected chi connectivity index (χ3v) is 3.91. The summed E-state index contributed by atoms with van der Waals surface area (Å²) in [5, 5.41) is 4.35. The number of aryl methyl sites for hydroxylation is 2. The highest BCUT2D eigenvalue weighted by atomic mass is 35.5. The number of ether oxygens (including phenoxy) is 3. The summed E-state index contributed by atoms with van der Waals surface area (Å²) in [6, 6.07) is 9.17. The molecule has 2 aromatic rings. The summed E-state index contributed by atoms with van der Waals surface area (Å²) in [5.41, 5.74) is 5.05. The lowest BCUT2D eigenvalue weighted by Gasteiger charge is -2.08. The van der Waals surface area contributed by atoms with Crippen LogP contribution < -0.4 is 19.6 Å². The van der Waals surface area contributed by atoms with Crippen LogP contribution in [0.5, 0.6) is 17.2 Å². The Labute approximate surface area is 150 Å². The Hall–Kier alpha value is -2.73. The number of fused-ring (bicyclic) bond motifs is 1. The van der Waals surface area contributed by atoms with E-state index in [9.17, 15) is 4.79 Å². The summed E-state index contributed by atoms with van der Waals surface area (Å²) in [6.45, 7) is 3.92. The van der Waals surface area contributed by atoms with Gasteiger partial charge in [-0.05, 0) is 37.1 Å². The number of halogens is 1. The highest BCUT2D eigenvalue weighted by Crippen LogP contribution is 2.36. The highest BCUT2D eigenvalue weighted by molar-refractivity contribution is 6.33. The third-order valence-electron chi connectivity index (χ3n) is 3.59. The molecule has 6 nitrogen and oxygen atoms in total. The van der Waals surface area contributed by atoms with Gasteiger partial charge in [0.15, 0.2) is 18.1 Å². The Morgan fingerprint density at radius 1 is 1.28 bits per heavy atom. The number of hydrogen-bond donors (Lipinski definition) is 1. The van der Waals surface area contributed by atoms with Gasteiger partial charge >= 0.3 is 0 Å². The molecule has 1 heterocycles. The Morgan fingerprint density at radius 3 is 2.84 bits per heavy atom. The van der Waals surface area contributed by atoms with E-state index in [-0.39, 0.29) is 19.3 Å². The number of rotatable bonds is 5. The van der Waals surface area contributed by atoms with Crippen LogP contribution in [-0.4, -0.2) is 25.5 Å². The molecule has 130 valence electrons. The molecule has 0 bridgehead atoms.